The second kappa shape index (κ2) is 8.40. The molecule has 31 heavy (non-hydrogen) atoms. The van der Waals surface area contributed by atoms with Crippen molar-refractivity contribution in [1.82, 2.24) is 14.9 Å². The minimum atomic E-state index is -0.236. The molecule has 0 N–H and O–H groups in total. The molecular formula is C25H28FN3O2. The Balaban J connectivity index is 1.31. The van der Waals surface area contributed by atoms with Crippen molar-refractivity contribution in [3.05, 3.63) is 48.2 Å². The van der Waals surface area contributed by atoms with Crippen LogP contribution in [0.15, 0.2) is 41.1 Å². The van der Waals surface area contributed by atoms with Crippen molar-refractivity contribution in [2.24, 2.45) is 5.92 Å². The second-order valence-electron chi connectivity index (χ2n) is 9.01. The summed E-state index contributed by atoms with van der Waals surface area (Å²) in [5.41, 5.74) is 1.76. The molecule has 0 spiro atoms. The van der Waals surface area contributed by atoms with Gasteiger partial charge in [0.25, 0.3) is 0 Å². The summed E-state index contributed by atoms with van der Waals surface area (Å²) >= 11 is 0. The Morgan fingerprint density at radius 1 is 1.13 bits per heavy atom. The second-order valence-corrected chi connectivity index (χ2v) is 9.01. The summed E-state index contributed by atoms with van der Waals surface area (Å²) in [5, 5.41) is 2.07. The summed E-state index contributed by atoms with van der Waals surface area (Å²) in [6.07, 6.45) is 9.69. The van der Waals surface area contributed by atoms with E-state index in [-0.39, 0.29) is 12.6 Å². The predicted molar refractivity (Wildman–Crippen MR) is 117 cm³/mol. The van der Waals surface area contributed by atoms with Gasteiger partial charge in [0.05, 0.1) is 25.0 Å². The smallest absolute Gasteiger partial charge is 0.229 e. The van der Waals surface area contributed by atoms with Crippen LogP contribution in [-0.2, 0) is 11.2 Å². The number of alkyl halides is 1. The van der Waals surface area contributed by atoms with Gasteiger partial charge in [-0.05, 0) is 62.0 Å². The molecule has 4 heterocycles. The van der Waals surface area contributed by atoms with Crippen LogP contribution in [-0.4, -0.2) is 39.5 Å². The highest BCUT2D eigenvalue weighted by molar-refractivity contribution is 5.87. The number of halogens is 1. The van der Waals surface area contributed by atoms with E-state index >= 15 is 0 Å². The molecule has 2 aromatic heterocycles. The van der Waals surface area contributed by atoms with Crippen LogP contribution in [0.4, 0.5) is 4.39 Å². The number of carbonyl (C=O) groups is 1. The molecule has 0 aliphatic carbocycles. The van der Waals surface area contributed by atoms with Gasteiger partial charge in [0.1, 0.15) is 0 Å². The van der Waals surface area contributed by atoms with Crippen molar-refractivity contribution in [2.45, 2.75) is 64.0 Å². The number of pyridine rings is 1. The lowest BCUT2D eigenvalue weighted by Gasteiger charge is -2.39. The molecule has 5 rings (SSSR count). The lowest BCUT2D eigenvalue weighted by molar-refractivity contribution is -0.135. The number of aryl methyl sites for hydroxylation is 1. The molecule has 0 radical (unpaired) electrons. The third-order valence-corrected chi connectivity index (χ3v) is 6.88. The molecule has 1 unspecified atom stereocenters. The number of aromatic nitrogens is 2. The van der Waals surface area contributed by atoms with Crippen LogP contribution in [0.2, 0.25) is 0 Å². The summed E-state index contributed by atoms with van der Waals surface area (Å²) in [7, 11) is 0. The first kappa shape index (κ1) is 20.2. The maximum absolute atomic E-state index is 13.2. The number of rotatable bonds is 6. The zero-order valence-electron chi connectivity index (χ0n) is 17.9. The van der Waals surface area contributed by atoms with Gasteiger partial charge in [-0.1, -0.05) is 12.1 Å². The standard InChI is InChI=1S/C25H28FN3O2/c1-16-27-15-24(31-16)18-4-5-19-14-28-21(12-20(19)11-18)13-25(30)29-22-6-7-23(29)10-17(9-22)3-2-8-26/h4-5,11-12,14-15,17,22-23H,2-3,6-10,13H2,1H3/t17?,22-,23+. The van der Waals surface area contributed by atoms with Gasteiger partial charge in [0.15, 0.2) is 11.7 Å². The van der Waals surface area contributed by atoms with Crippen LogP contribution in [0.1, 0.15) is 50.1 Å². The van der Waals surface area contributed by atoms with Gasteiger partial charge in [0, 0.05) is 36.2 Å². The number of nitrogens with zero attached hydrogens (tertiary/aromatic N) is 3. The molecule has 6 heteroatoms. The lowest BCUT2D eigenvalue weighted by Crippen LogP contribution is -2.47. The van der Waals surface area contributed by atoms with Gasteiger partial charge in [-0.15, -0.1) is 0 Å². The SMILES string of the molecule is Cc1ncc(-c2ccc3cnc(CC(=O)N4[C@@H]5CC[C@H]4CC(CCCF)C5)cc3c2)o1. The molecule has 2 fully saturated rings. The van der Waals surface area contributed by atoms with E-state index in [4.69, 9.17) is 4.42 Å². The highest BCUT2D eigenvalue weighted by Gasteiger charge is 2.42. The van der Waals surface area contributed by atoms with Crippen molar-refractivity contribution in [2.75, 3.05) is 6.67 Å². The van der Waals surface area contributed by atoms with E-state index in [1.807, 2.05) is 31.3 Å². The number of fused-ring (bicyclic) bond motifs is 3. The average Bonchev–Trinajstić information content (AvgIpc) is 3.32. The van der Waals surface area contributed by atoms with Crippen LogP contribution >= 0.6 is 0 Å². The molecule has 2 bridgehead atoms. The zero-order chi connectivity index (χ0) is 21.4. The minimum Gasteiger partial charge on any atom is -0.441 e. The maximum Gasteiger partial charge on any atom is 0.229 e. The van der Waals surface area contributed by atoms with Gasteiger partial charge in [-0.2, -0.15) is 0 Å². The molecule has 2 aliphatic rings. The fourth-order valence-electron chi connectivity index (χ4n) is 5.48. The van der Waals surface area contributed by atoms with Gasteiger partial charge in [-0.3, -0.25) is 14.2 Å². The van der Waals surface area contributed by atoms with Crippen LogP contribution in [0.25, 0.3) is 22.1 Å². The summed E-state index contributed by atoms with van der Waals surface area (Å²) in [4.78, 5) is 24.0. The molecule has 3 aromatic rings. The number of benzene rings is 1. The van der Waals surface area contributed by atoms with E-state index in [0.717, 1.165) is 59.9 Å². The van der Waals surface area contributed by atoms with Crippen LogP contribution < -0.4 is 0 Å². The molecule has 1 aromatic carbocycles. The van der Waals surface area contributed by atoms with Crippen molar-refractivity contribution >= 4 is 16.7 Å². The Hall–Kier alpha value is -2.76. The first-order chi connectivity index (χ1) is 15.1. The number of oxazole rings is 1. The molecular weight excluding hydrogens is 393 g/mol. The number of amides is 1. The average molecular weight is 422 g/mol. The number of piperidine rings is 1. The van der Waals surface area contributed by atoms with Crippen LogP contribution in [0.3, 0.4) is 0 Å². The molecule has 0 saturated carbocycles. The monoisotopic (exact) mass is 421 g/mol. The summed E-state index contributed by atoms with van der Waals surface area (Å²) in [6, 6.07) is 8.72. The fourth-order valence-corrected chi connectivity index (χ4v) is 5.48. The van der Waals surface area contributed by atoms with Crippen LogP contribution in [0.5, 0.6) is 0 Å². The number of hydrogen-bond acceptors (Lipinski definition) is 4. The normalized spacial score (nSPS) is 22.9. The Labute approximate surface area is 181 Å². The van der Waals surface area contributed by atoms with E-state index in [1.165, 1.54) is 0 Å². The Kier molecular flexibility index (Phi) is 5.47. The van der Waals surface area contributed by atoms with Gasteiger partial charge >= 0.3 is 0 Å². The topological polar surface area (TPSA) is 59.2 Å². The quantitative estimate of drug-likeness (QED) is 0.545. The van der Waals surface area contributed by atoms with E-state index in [2.05, 4.69) is 20.9 Å². The highest BCUT2D eigenvalue weighted by Crippen LogP contribution is 2.40. The van der Waals surface area contributed by atoms with E-state index in [0.29, 0.717) is 36.7 Å². The predicted octanol–water partition coefficient (Wildman–Crippen LogP) is 5.26. The van der Waals surface area contributed by atoms with Gasteiger partial charge in [0.2, 0.25) is 5.91 Å². The van der Waals surface area contributed by atoms with Crippen molar-refractivity contribution in [3.8, 4) is 11.3 Å². The third kappa shape index (κ3) is 4.08. The maximum atomic E-state index is 13.2. The minimum absolute atomic E-state index is 0.172. The molecule has 5 nitrogen and oxygen atoms in total. The van der Waals surface area contributed by atoms with E-state index < -0.39 is 0 Å². The Morgan fingerprint density at radius 3 is 2.65 bits per heavy atom. The number of carbonyl (C=O) groups excluding carboxylic acids is 1. The van der Waals surface area contributed by atoms with Crippen molar-refractivity contribution in [1.29, 1.82) is 0 Å². The Morgan fingerprint density at radius 2 is 1.94 bits per heavy atom. The van der Waals surface area contributed by atoms with Crippen molar-refractivity contribution < 1.29 is 13.6 Å². The highest BCUT2D eigenvalue weighted by atomic mass is 19.1. The zero-order valence-corrected chi connectivity index (χ0v) is 17.9. The van der Waals surface area contributed by atoms with Gasteiger partial charge in [-0.25, -0.2) is 4.98 Å². The molecule has 162 valence electrons. The van der Waals surface area contributed by atoms with Crippen molar-refractivity contribution in [3.63, 3.8) is 0 Å². The third-order valence-electron chi connectivity index (χ3n) is 6.88. The van der Waals surface area contributed by atoms with Crippen LogP contribution in [0, 0.1) is 12.8 Å². The summed E-state index contributed by atoms with van der Waals surface area (Å²) in [6.45, 7) is 1.59. The first-order valence-electron chi connectivity index (χ1n) is 11.3. The van der Waals surface area contributed by atoms with E-state index in [9.17, 15) is 9.18 Å². The summed E-state index contributed by atoms with van der Waals surface area (Å²) < 4.78 is 18.2. The summed E-state index contributed by atoms with van der Waals surface area (Å²) in [5.74, 6) is 2.11. The lowest BCUT2D eigenvalue weighted by atomic mass is 9.87. The molecule has 1 amide bonds. The number of hydrogen-bond donors (Lipinski definition) is 0. The molecule has 3 atom stereocenters. The fraction of sp³-hybridized carbons (Fsp3) is 0.480. The molecule has 2 aliphatic heterocycles. The largest absolute Gasteiger partial charge is 0.441 e. The molecule has 2 saturated heterocycles. The first-order valence-corrected chi connectivity index (χ1v) is 11.3. The van der Waals surface area contributed by atoms with E-state index in [1.54, 1.807) is 6.20 Å². The van der Waals surface area contributed by atoms with Gasteiger partial charge < -0.3 is 9.32 Å². The Bertz CT molecular complexity index is 1080.